The van der Waals surface area contributed by atoms with E-state index in [2.05, 4.69) is 20.9 Å². The zero-order valence-corrected chi connectivity index (χ0v) is 15.9. The summed E-state index contributed by atoms with van der Waals surface area (Å²) in [6, 6.07) is 8.42. The van der Waals surface area contributed by atoms with Gasteiger partial charge in [0.25, 0.3) is 0 Å². The third-order valence-corrected chi connectivity index (χ3v) is 6.03. The minimum absolute atomic E-state index is 0.0344. The van der Waals surface area contributed by atoms with Crippen LogP contribution in [0.1, 0.15) is 23.1 Å². The van der Waals surface area contributed by atoms with Crippen molar-refractivity contribution < 1.29 is 23.1 Å². The van der Waals surface area contributed by atoms with Crippen LogP contribution in [0, 0.1) is 6.92 Å². The molecule has 1 aliphatic rings. The largest absolute Gasteiger partial charge is 0.480 e. The summed E-state index contributed by atoms with van der Waals surface area (Å²) in [7, 11) is 0. The number of halogens is 4. The highest BCUT2D eigenvalue weighted by Crippen LogP contribution is 2.41. The van der Waals surface area contributed by atoms with Gasteiger partial charge >= 0.3 is 12.1 Å². The van der Waals surface area contributed by atoms with Gasteiger partial charge in [-0.3, -0.25) is 9.79 Å². The quantitative estimate of drug-likeness (QED) is 0.633. The lowest BCUT2D eigenvalue weighted by atomic mass is 10.0. The van der Waals surface area contributed by atoms with Crippen LogP contribution in [0.3, 0.4) is 0 Å². The summed E-state index contributed by atoms with van der Waals surface area (Å²) in [5.41, 5.74) is 1.29. The average molecular weight is 444 g/mol. The van der Waals surface area contributed by atoms with Crippen LogP contribution in [0.4, 0.5) is 18.9 Å². The molecule has 1 unspecified atom stereocenters. The molecule has 26 heavy (non-hydrogen) atoms. The minimum atomic E-state index is -4.47. The lowest BCUT2D eigenvalue weighted by molar-refractivity contribution is -0.138. The van der Waals surface area contributed by atoms with Gasteiger partial charge in [-0.1, -0.05) is 28.1 Å². The van der Waals surface area contributed by atoms with Crippen LogP contribution in [-0.4, -0.2) is 22.0 Å². The van der Waals surface area contributed by atoms with Crippen molar-refractivity contribution >= 4 is 45.1 Å². The Morgan fingerprint density at radius 1 is 1.31 bits per heavy atom. The van der Waals surface area contributed by atoms with E-state index in [0.29, 0.717) is 16.3 Å². The highest BCUT2D eigenvalue weighted by molar-refractivity contribution is 9.10. The van der Waals surface area contributed by atoms with Crippen LogP contribution in [0.15, 0.2) is 50.8 Å². The molecule has 1 heterocycles. The molecule has 0 spiro atoms. The predicted octanol–water partition coefficient (Wildman–Crippen LogP) is 5.85. The van der Waals surface area contributed by atoms with Crippen LogP contribution >= 0.6 is 27.7 Å². The van der Waals surface area contributed by atoms with Crippen LogP contribution in [0.5, 0.6) is 0 Å². The van der Waals surface area contributed by atoms with Gasteiger partial charge in [-0.05, 0) is 42.3 Å². The van der Waals surface area contributed by atoms with E-state index in [1.54, 1.807) is 12.1 Å². The molecule has 0 amide bonds. The maximum Gasteiger partial charge on any atom is 0.416 e. The van der Waals surface area contributed by atoms with E-state index in [9.17, 15) is 23.1 Å². The number of benzene rings is 2. The summed E-state index contributed by atoms with van der Waals surface area (Å²) in [6.45, 7) is 1.87. The Morgan fingerprint density at radius 3 is 2.69 bits per heavy atom. The number of hydrogen-bond acceptors (Lipinski definition) is 3. The lowest BCUT2D eigenvalue weighted by Gasteiger charge is -2.12. The van der Waals surface area contributed by atoms with E-state index in [-0.39, 0.29) is 12.0 Å². The number of alkyl halides is 3. The molecule has 0 fully saturated rings. The second-order valence-corrected chi connectivity index (χ2v) is 7.95. The number of aryl methyl sites for hydroxylation is 1. The van der Waals surface area contributed by atoms with Crippen LogP contribution < -0.4 is 0 Å². The lowest BCUT2D eigenvalue weighted by Crippen LogP contribution is -2.20. The summed E-state index contributed by atoms with van der Waals surface area (Å²) in [4.78, 5) is 16.8. The Kier molecular flexibility index (Phi) is 5.16. The Balaban J connectivity index is 2.14. The number of fused-ring (bicyclic) bond motifs is 1. The Bertz CT molecular complexity index is 912. The van der Waals surface area contributed by atoms with Crippen molar-refractivity contribution in [2.24, 2.45) is 4.99 Å². The zero-order chi connectivity index (χ0) is 19.1. The molecular weight excluding hydrogens is 431 g/mol. The molecule has 2 aromatic rings. The molecule has 1 atom stereocenters. The van der Waals surface area contributed by atoms with Gasteiger partial charge < -0.3 is 5.11 Å². The molecule has 0 saturated heterocycles. The summed E-state index contributed by atoms with van der Waals surface area (Å²) in [5.74, 6) is -1.03. The van der Waals surface area contributed by atoms with Gasteiger partial charge in [-0.2, -0.15) is 13.2 Å². The fourth-order valence-electron chi connectivity index (χ4n) is 2.59. The maximum absolute atomic E-state index is 13.0. The Hall–Kier alpha value is -1.80. The number of nitrogens with zero attached hydrogens (tertiary/aromatic N) is 1. The first-order chi connectivity index (χ1) is 12.1. The second-order valence-electron chi connectivity index (χ2n) is 5.86. The topological polar surface area (TPSA) is 49.7 Å². The van der Waals surface area contributed by atoms with Crippen molar-refractivity contribution in [3.05, 3.63) is 57.6 Å². The molecular formula is C18H13BrF3NO2S. The summed E-state index contributed by atoms with van der Waals surface area (Å²) in [6.07, 6.45) is -4.44. The third-order valence-electron chi connectivity index (χ3n) is 3.94. The number of carboxylic acid groups (broad SMARTS) is 1. The number of carboxylic acids is 1. The molecule has 136 valence electrons. The molecule has 2 aromatic carbocycles. The standard InChI is InChI=1S/C18H13BrF3NO2S/c1-9-5-14-15(7-12(9)19)26-16(17(24)25)8-13(23-14)10-3-2-4-11(6-10)18(20,21)22/h2-7,16H,8H2,1H3,(H,24,25). The summed E-state index contributed by atoms with van der Waals surface area (Å²) < 4.78 is 39.9. The maximum atomic E-state index is 13.0. The molecule has 3 nitrogen and oxygen atoms in total. The van der Waals surface area contributed by atoms with Gasteiger partial charge in [-0.15, -0.1) is 11.8 Å². The molecule has 3 rings (SSSR count). The average Bonchev–Trinajstić information content (AvgIpc) is 2.74. The second kappa shape index (κ2) is 7.08. The van der Waals surface area contributed by atoms with Gasteiger partial charge in [0.1, 0.15) is 5.25 Å². The van der Waals surface area contributed by atoms with Crippen molar-refractivity contribution in [1.82, 2.24) is 0 Å². The summed E-state index contributed by atoms with van der Waals surface area (Å²) >= 11 is 4.56. The monoisotopic (exact) mass is 443 g/mol. The third kappa shape index (κ3) is 3.96. The van der Waals surface area contributed by atoms with Crippen molar-refractivity contribution in [2.75, 3.05) is 0 Å². The van der Waals surface area contributed by atoms with Crippen molar-refractivity contribution in [3.8, 4) is 0 Å². The van der Waals surface area contributed by atoms with Crippen molar-refractivity contribution in [3.63, 3.8) is 0 Å². The van der Waals surface area contributed by atoms with E-state index in [4.69, 9.17) is 0 Å². The number of carbonyl (C=O) groups is 1. The molecule has 0 aromatic heterocycles. The summed E-state index contributed by atoms with van der Waals surface area (Å²) in [5, 5.41) is 8.66. The van der Waals surface area contributed by atoms with Crippen LogP contribution in [0.2, 0.25) is 0 Å². The van der Waals surface area contributed by atoms with Gasteiger partial charge in [0.05, 0.1) is 17.0 Å². The first-order valence-corrected chi connectivity index (χ1v) is 9.27. The first-order valence-electron chi connectivity index (χ1n) is 7.60. The van der Waals surface area contributed by atoms with E-state index in [0.717, 1.165) is 33.9 Å². The predicted molar refractivity (Wildman–Crippen MR) is 98.4 cm³/mol. The van der Waals surface area contributed by atoms with Crippen molar-refractivity contribution in [2.45, 2.75) is 29.7 Å². The highest BCUT2D eigenvalue weighted by atomic mass is 79.9. The minimum Gasteiger partial charge on any atom is -0.480 e. The van der Waals surface area contributed by atoms with Crippen LogP contribution in [-0.2, 0) is 11.0 Å². The van der Waals surface area contributed by atoms with Gasteiger partial charge in [0.2, 0.25) is 0 Å². The molecule has 8 heteroatoms. The number of aliphatic imine (C=N–C) groups is 1. The van der Waals surface area contributed by atoms with E-state index in [1.165, 1.54) is 12.1 Å². The number of thioether (sulfide) groups is 1. The Labute approximate surface area is 160 Å². The van der Waals surface area contributed by atoms with E-state index >= 15 is 0 Å². The number of hydrogen-bond donors (Lipinski definition) is 1. The number of rotatable bonds is 2. The van der Waals surface area contributed by atoms with Gasteiger partial charge in [-0.25, -0.2) is 0 Å². The van der Waals surface area contributed by atoms with Crippen molar-refractivity contribution in [1.29, 1.82) is 0 Å². The number of aliphatic carboxylic acids is 1. The molecule has 0 bridgehead atoms. The first kappa shape index (κ1) is 19.0. The van der Waals surface area contributed by atoms with E-state index in [1.807, 2.05) is 6.92 Å². The van der Waals surface area contributed by atoms with E-state index < -0.39 is 23.0 Å². The van der Waals surface area contributed by atoms with Crippen LogP contribution in [0.25, 0.3) is 0 Å². The molecule has 0 saturated carbocycles. The fourth-order valence-corrected chi connectivity index (χ4v) is 4.14. The molecule has 0 radical (unpaired) electrons. The molecule has 0 aliphatic carbocycles. The Morgan fingerprint density at radius 2 is 2.04 bits per heavy atom. The van der Waals surface area contributed by atoms with Gasteiger partial charge in [0, 0.05) is 15.8 Å². The smallest absolute Gasteiger partial charge is 0.416 e. The van der Waals surface area contributed by atoms with Gasteiger partial charge in [0.15, 0.2) is 0 Å². The fraction of sp³-hybridized carbons (Fsp3) is 0.222. The highest BCUT2D eigenvalue weighted by Gasteiger charge is 2.32. The zero-order valence-electron chi connectivity index (χ0n) is 13.5. The normalized spacial score (nSPS) is 17.3. The molecule has 1 aliphatic heterocycles. The SMILES string of the molecule is Cc1cc2c(cc1Br)SC(C(=O)O)CC(c1cccc(C(F)(F)F)c1)=N2. The molecule has 1 N–H and O–H groups in total.